The first-order chi connectivity index (χ1) is 18.1. The lowest BCUT2D eigenvalue weighted by Crippen LogP contribution is -2.59. The molecular weight excluding hydrogens is 500 g/mol. The van der Waals surface area contributed by atoms with Gasteiger partial charge in [0.05, 0.1) is 24.4 Å². The van der Waals surface area contributed by atoms with Crippen molar-refractivity contribution in [2.24, 2.45) is 5.92 Å². The van der Waals surface area contributed by atoms with E-state index in [1.54, 1.807) is 0 Å². The van der Waals surface area contributed by atoms with Crippen molar-refractivity contribution in [3.8, 4) is 0 Å². The van der Waals surface area contributed by atoms with E-state index in [1.165, 1.54) is 11.8 Å². The molecule has 3 amide bonds. The third-order valence-electron chi connectivity index (χ3n) is 6.99. The van der Waals surface area contributed by atoms with Crippen molar-refractivity contribution in [2.45, 2.75) is 75.3 Å². The molecule has 8 nitrogen and oxygen atoms in total. The summed E-state index contributed by atoms with van der Waals surface area (Å²) in [7, 11) is 0. The molecule has 2 unspecified atom stereocenters. The first-order valence-electron chi connectivity index (χ1n) is 13.1. The van der Waals surface area contributed by atoms with E-state index in [2.05, 4.69) is 21.3 Å². The Bertz CT molecular complexity index is 1070. The van der Waals surface area contributed by atoms with Crippen LogP contribution in [-0.4, -0.2) is 57.7 Å². The maximum Gasteiger partial charge on any atom is 0.245 e. The average molecular weight is 541 g/mol. The van der Waals surface area contributed by atoms with E-state index in [-0.39, 0.29) is 42.7 Å². The van der Waals surface area contributed by atoms with Gasteiger partial charge >= 0.3 is 0 Å². The minimum absolute atomic E-state index is 0.116. The minimum Gasteiger partial charge on any atom is -0.394 e. The normalized spacial score (nSPS) is 20.7. The van der Waals surface area contributed by atoms with Gasteiger partial charge in [0.25, 0.3) is 0 Å². The van der Waals surface area contributed by atoms with Gasteiger partial charge in [-0.3, -0.25) is 19.7 Å². The van der Waals surface area contributed by atoms with Crippen LogP contribution in [0.2, 0.25) is 0 Å². The van der Waals surface area contributed by atoms with E-state index in [1.807, 2.05) is 88.4 Å². The van der Waals surface area contributed by atoms with Crippen LogP contribution in [0.4, 0.5) is 0 Å². The van der Waals surface area contributed by atoms with Crippen LogP contribution in [0.3, 0.4) is 0 Å². The summed E-state index contributed by atoms with van der Waals surface area (Å²) in [4.78, 5) is 39.7. The van der Waals surface area contributed by atoms with Crippen LogP contribution in [0.25, 0.3) is 0 Å². The molecule has 1 aliphatic rings. The number of benzene rings is 2. The van der Waals surface area contributed by atoms with Gasteiger partial charge in [-0.25, -0.2) is 0 Å². The Morgan fingerprint density at radius 3 is 2.18 bits per heavy atom. The number of rotatable bonds is 12. The summed E-state index contributed by atoms with van der Waals surface area (Å²) >= 11 is 1.45. The van der Waals surface area contributed by atoms with E-state index in [0.29, 0.717) is 6.54 Å². The highest BCUT2D eigenvalue weighted by atomic mass is 32.2. The van der Waals surface area contributed by atoms with E-state index >= 15 is 0 Å². The van der Waals surface area contributed by atoms with Crippen molar-refractivity contribution in [1.82, 2.24) is 21.3 Å². The molecule has 5 atom stereocenters. The molecule has 38 heavy (non-hydrogen) atoms. The number of carbonyl (C=O) groups excluding carboxylic acids is 3. The molecule has 206 valence electrons. The Morgan fingerprint density at radius 1 is 1.00 bits per heavy atom. The van der Waals surface area contributed by atoms with Crippen molar-refractivity contribution in [1.29, 1.82) is 0 Å². The molecule has 1 heterocycles. The molecule has 0 saturated carbocycles. The number of aliphatic hydroxyl groups excluding tert-OH is 1. The highest BCUT2D eigenvalue weighted by molar-refractivity contribution is 8.01. The van der Waals surface area contributed by atoms with Gasteiger partial charge in [0.15, 0.2) is 0 Å². The summed E-state index contributed by atoms with van der Waals surface area (Å²) in [6.07, 6.45) is 0.961. The lowest BCUT2D eigenvalue weighted by Gasteiger charge is -2.28. The summed E-state index contributed by atoms with van der Waals surface area (Å²) in [6, 6.07) is 17.0. The first-order valence-corrected chi connectivity index (χ1v) is 14.0. The predicted octanol–water partition coefficient (Wildman–Crippen LogP) is 2.36. The zero-order valence-electron chi connectivity index (χ0n) is 22.6. The van der Waals surface area contributed by atoms with E-state index in [0.717, 1.165) is 17.5 Å². The zero-order valence-corrected chi connectivity index (χ0v) is 23.4. The molecule has 2 aromatic carbocycles. The van der Waals surface area contributed by atoms with Gasteiger partial charge in [0.2, 0.25) is 17.7 Å². The molecule has 0 radical (unpaired) electrons. The molecule has 1 fully saturated rings. The fourth-order valence-electron chi connectivity index (χ4n) is 4.45. The van der Waals surface area contributed by atoms with Gasteiger partial charge in [-0.2, -0.15) is 0 Å². The van der Waals surface area contributed by atoms with E-state index in [9.17, 15) is 19.5 Å². The van der Waals surface area contributed by atoms with Crippen molar-refractivity contribution >= 4 is 29.5 Å². The number of aliphatic hydroxyl groups is 1. The first kappa shape index (κ1) is 29.7. The van der Waals surface area contributed by atoms with Crippen molar-refractivity contribution < 1.29 is 19.5 Å². The molecule has 1 saturated heterocycles. The molecule has 0 aliphatic carbocycles. The third kappa shape index (κ3) is 8.06. The lowest BCUT2D eigenvalue weighted by atomic mass is 9.97. The second kappa shape index (κ2) is 13.8. The number of hydrogen-bond donors (Lipinski definition) is 5. The molecule has 0 bridgehead atoms. The molecular formula is C29H40N4O4S. The van der Waals surface area contributed by atoms with Gasteiger partial charge in [0, 0.05) is 11.3 Å². The number of nitrogens with one attached hydrogen (secondary N) is 4. The van der Waals surface area contributed by atoms with Gasteiger partial charge in [-0.15, -0.1) is 11.8 Å². The molecule has 0 aromatic heterocycles. The Morgan fingerprint density at radius 2 is 1.61 bits per heavy atom. The highest BCUT2D eigenvalue weighted by Crippen LogP contribution is 2.39. The number of hydrogen-bond acceptors (Lipinski definition) is 6. The van der Waals surface area contributed by atoms with E-state index < -0.39 is 22.2 Å². The van der Waals surface area contributed by atoms with Crippen molar-refractivity contribution in [3.05, 3.63) is 71.8 Å². The average Bonchev–Trinajstić information content (AvgIpc) is 3.24. The fourth-order valence-corrected chi connectivity index (χ4v) is 5.95. The van der Waals surface area contributed by atoms with Crippen LogP contribution in [0, 0.1) is 5.92 Å². The number of amides is 3. The second-order valence-electron chi connectivity index (χ2n) is 10.3. The Balaban J connectivity index is 1.76. The topological polar surface area (TPSA) is 120 Å². The third-order valence-corrected chi connectivity index (χ3v) is 8.50. The Kier molecular flexibility index (Phi) is 10.8. The maximum atomic E-state index is 13.4. The summed E-state index contributed by atoms with van der Waals surface area (Å²) in [5.41, 5.74) is 1.79. The molecule has 2 aromatic rings. The summed E-state index contributed by atoms with van der Waals surface area (Å²) in [6.45, 7) is 8.06. The second-order valence-corrected chi connectivity index (χ2v) is 12.1. The van der Waals surface area contributed by atoms with E-state index in [4.69, 9.17) is 0 Å². The monoisotopic (exact) mass is 540 g/mol. The van der Waals surface area contributed by atoms with Crippen LogP contribution in [-0.2, 0) is 27.3 Å². The van der Waals surface area contributed by atoms with Gasteiger partial charge in [0.1, 0.15) is 12.1 Å². The molecule has 9 heteroatoms. The number of thioether (sulfide) groups is 1. The largest absolute Gasteiger partial charge is 0.394 e. The highest BCUT2D eigenvalue weighted by Gasteiger charge is 2.49. The van der Waals surface area contributed by atoms with Gasteiger partial charge in [-0.1, -0.05) is 80.9 Å². The smallest absolute Gasteiger partial charge is 0.245 e. The Hall–Kier alpha value is -2.88. The van der Waals surface area contributed by atoms with Crippen LogP contribution >= 0.6 is 11.8 Å². The minimum atomic E-state index is -0.903. The standard InChI is InChI=1S/C29H40N4O4S/c1-5-19(2)22(18-34)31-27(37)25-29(3,4)38-28(33-25)24(26(36)30-17-21-14-10-7-11-15-21)32-23(35)16-20-12-8-6-9-13-20/h6-15,19,22,24-25,28,33-34H,5,16-18H2,1-4H3,(H,30,36)(H,31,37)(H,32,35)/t19?,22?,24-,25+,28-/m1/s1. The quantitative estimate of drug-likeness (QED) is 0.282. The fraction of sp³-hybridized carbons (Fsp3) is 0.483. The molecule has 0 spiro atoms. The SMILES string of the molecule is CCC(C)C(CO)NC(=O)[C@@H]1N[C@@H]([C@H](NC(=O)Cc2ccccc2)C(=O)NCc2ccccc2)SC1(C)C. The summed E-state index contributed by atoms with van der Waals surface area (Å²) in [5, 5.41) is 21.4. The molecule has 5 N–H and O–H groups in total. The summed E-state index contributed by atoms with van der Waals surface area (Å²) in [5.74, 6) is -0.722. The van der Waals surface area contributed by atoms with Crippen LogP contribution in [0.15, 0.2) is 60.7 Å². The van der Waals surface area contributed by atoms with Crippen LogP contribution in [0.5, 0.6) is 0 Å². The zero-order chi connectivity index (χ0) is 27.7. The Labute approximate surface area is 229 Å². The maximum absolute atomic E-state index is 13.4. The van der Waals surface area contributed by atoms with Crippen LogP contribution < -0.4 is 21.3 Å². The molecule has 1 aliphatic heterocycles. The molecule has 3 rings (SSSR count). The van der Waals surface area contributed by atoms with Crippen molar-refractivity contribution in [3.63, 3.8) is 0 Å². The predicted molar refractivity (Wildman–Crippen MR) is 151 cm³/mol. The van der Waals surface area contributed by atoms with Gasteiger partial charge in [-0.05, 0) is 30.9 Å². The van der Waals surface area contributed by atoms with Crippen LogP contribution in [0.1, 0.15) is 45.2 Å². The number of carbonyl (C=O) groups is 3. The van der Waals surface area contributed by atoms with Crippen molar-refractivity contribution in [2.75, 3.05) is 6.61 Å². The van der Waals surface area contributed by atoms with Gasteiger partial charge < -0.3 is 21.1 Å². The lowest BCUT2D eigenvalue weighted by molar-refractivity contribution is -0.129. The summed E-state index contributed by atoms with van der Waals surface area (Å²) < 4.78 is -0.563.